The molecule has 0 saturated carbocycles. The molecular formula is C28H34N2O5Se. The Morgan fingerprint density at radius 1 is 1.03 bits per heavy atom. The van der Waals surface area contributed by atoms with Crippen LogP contribution in [0.2, 0.25) is 5.32 Å². The molecular weight excluding hydrogens is 523 g/mol. The number of hydrogen-bond donors (Lipinski definition) is 1. The Labute approximate surface area is 219 Å². The van der Waals surface area contributed by atoms with Crippen molar-refractivity contribution in [3.8, 4) is 0 Å². The van der Waals surface area contributed by atoms with Crippen LogP contribution >= 0.6 is 0 Å². The fourth-order valence-corrected chi connectivity index (χ4v) is 6.04. The van der Waals surface area contributed by atoms with Gasteiger partial charge in [-0.1, -0.05) is 18.2 Å². The third-order valence-electron chi connectivity index (χ3n) is 5.60. The maximum absolute atomic E-state index is 13.4. The monoisotopic (exact) mass is 558 g/mol. The molecule has 8 heteroatoms. The van der Waals surface area contributed by atoms with E-state index in [1.807, 2.05) is 48.5 Å². The molecule has 7 nitrogen and oxygen atoms in total. The van der Waals surface area contributed by atoms with E-state index < -0.39 is 29.6 Å². The van der Waals surface area contributed by atoms with Gasteiger partial charge in [-0.3, -0.25) is 0 Å². The molecule has 36 heavy (non-hydrogen) atoms. The summed E-state index contributed by atoms with van der Waals surface area (Å²) in [5.74, 6) is -0.927. The predicted octanol–water partition coefficient (Wildman–Crippen LogP) is 3.97. The van der Waals surface area contributed by atoms with Gasteiger partial charge >= 0.3 is 201 Å². The standard InChI is InChI=1S/C28H34N2O5Se/c1-20(29-27(33)34-19-21-11-7-5-8-12-21)25(31)30-22(17-18-36-23-13-9-6-10-14-23)15-16-24(30)26(32)35-28(2,3)4/h5-14,22,24H,1,15-19H2,2-4H3,(H,29,33)/t22-,24+/m1/s1. The van der Waals surface area contributed by atoms with E-state index in [0.717, 1.165) is 17.3 Å². The third kappa shape index (κ3) is 8.25. The molecule has 1 aliphatic rings. The molecule has 1 fully saturated rings. The molecule has 3 rings (SSSR count). The number of alkyl carbamates (subject to hydrolysis) is 1. The van der Waals surface area contributed by atoms with E-state index in [1.165, 1.54) is 4.46 Å². The average Bonchev–Trinajstić information content (AvgIpc) is 3.26. The van der Waals surface area contributed by atoms with E-state index in [9.17, 15) is 14.4 Å². The van der Waals surface area contributed by atoms with Crippen LogP contribution in [0.3, 0.4) is 0 Å². The quantitative estimate of drug-likeness (QED) is 0.287. The summed E-state index contributed by atoms with van der Waals surface area (Å²) < 4.78 is 12.1. The molecule has 1 saturated heterocycles. The van der Waals surface area contributed by atoms with Gasteiger partial charge in [-0.25, -0.2) is 0 Å². The number of hydrogen-bond acceptors (Lipinski definition) is 5. The minimum atomic E-state index is -0.769. The number of likely N-dealkylation sites (tertiary alicyclic amines) is 1. The zero-order chi connectivity index (χ0) is 26.1. The average molecular weight is 558 g/mol. The fourth-order valence-electron chi connectivity index (χ4n) is 4.00. The first-order valence-corrected chi connectivity index (χ1v) is 14.1. The summed E-state index contributed by atoms with van der Waals surface area (Å²) in [7, 11) is 0. The van der Waals surface area contributed by atoms with Gasteiger partial charge in [-0.2, -0.15) is 0 Å². The summed E-state index contributed by atoms with van der Waals surface area (Å²) in [6.45, 7) is 9.25. The Bertz CT molecular complexity index is 1050. The summed E-state index contributed by atoms with van der Waals surface area (Å²) in [6, 6.07) is 18.6. The van der Waals surface area contributed by atoms with Crippen LogP contribution in [0, 0.1) is 0 Å². The molecule has 0 radical (unpaired) electrons. The second-order valence-corrected chi connectivity index (χ2v) is 12.1. The van der Waals surface area contributed by atoms with E-state index in [1.54, 1.807) is 25.7 Å². The molecule has 0 unspecified atom stereocenters. The number of nitrogens with zero attached hydrogens (tertiary/aromatic N) is 1. The Morgan fingerprint density at radius 3 is 2.31 bits per heavy atom. The summed E-state index contributed by atoms with van der Waals surface area (Å²) >= 11 is 0.260. The van der Waals surface area contributed by atoms with E-state index >= 15 is 0 Å². The molecule has 1 heterocycles. The number of nitrogens with one attached hydrogen (secondary N) is 1. The molecule has 1 N–H and O–H groups in total. The van der Waals surface area contributed by atoms with Crippen LogP contribution in [0.25, 0.3) is 0 Å². The Kier molecular flexibility index (Phi) is 9.73. The van der Waals surface area contributed by atoms with Gasteiger partial charge in [0.15, 0.2) is 0 Å². The SMILES string of the molecule is C=C(NC(=O)OCc1ccccc1)C(=O)N1[C@@H](CC[Se]c2ccccc2)CC[C@H]1C(=O)OC(C)(C)C. The third-order valence-corrected chi connectivity index (χ3v) is 7.80. The van der Waals surface area contributed by atoms with Gasteiger partial charge in [0.1, 0.15) is 0 Å². The summed E-state index contributed by atoms with van der Waals surface area (Å²) in [5.41, 5.74) is 0.0353. The molecule has 2 aromatic carbocycles. The zero-order valence-electron chi connectivity index (χ0n) is 21.1. The molecule has 0 spiro atoms. The number of amides is 2. The first-order chi connectivity index (χ1) is 17.1. The molecule has 0 aromatic heterocycles. The van der Waals surface area contributed by atoms with Crippen molar-refractivity contribution in [2.45, 2.75) is 69.6 Å². The summed E-state index contributed by atoms with van der Waals surface area (Å²) in [5, 5.41) is 3.36. The van der Waals surface area contributed by atoms with Crippen LogP contribution < -0.4 is 9.78 Å². The van der Waals surface area contributed by atoms with Crippen molar-refractivity contribution in [3.63, 3.8) is 0 Å². The van der Waals surface area contributed by atoms with Crippen LogP contribution in [0.1, 0.15) is 45.6 Å². The Hall–Kier alpha value is -3.09. The van der Waals surface area contributed by atoms with Crippen LogP contribution in [-0.4, -0.2) is 55.5 Å². The molecule has 0 aliphatic carbocycles. The number of benzene rings is 2. The number of carbonyl (C=O) groups is 3. The Morgan fingerprint density at radius 2 is 1.67 bits per heavy atom. The van der Waals surface area contributed by atoms with Gasteiger partial charge in [-0.15, -0.1) is 0 Å². The normalized spacial score (nSPS) is 17.4. The van der Waals surface area contributed by atoms with E-state index in [2.05, 4.69) is 24.0 Å². The first-order valence-electron chi connectivity index (χ1n) is 12.0. The second kappa shape index (κ2) is 12.7. The van der Waals surface area contributed by atoms with Gasteiger partial charge in [-0.05, 0) is 0 Å². The van der Waals surface area contributed by atoms with Crippen molar-refractivity contribution in [2.75, 3.05) is 0 Å². The van der Waals surface area contributed by atoms with Crippen molar-refractivity contribution in [1.29, 1.82) is 0 Å². The molecule has 2 atom stereocenters. The van der Waals surface area contributed by atoms with Crippen molar-refractivity contribution >= 4 is 37.4 Å². The van der Waals surface area contributed by atoms with Crippen LogP contribution in [0.4, 0.5) is 4.79 Å². The number of esters is 1. The minimum absolute atomic E-state index is 0.0720. The van der Waals surface area contributed by atoms with E-state index in [-0.39, 0.29) is 33.3 Å². The van der Waals surface area contributed by atoms with Crippen LogP contribution in [0.5, 0.6) is 0 Å². The van der Waals surface area contributed by atoms with Crippen molar-refractivity contribution < 1.29 is 23.9 Å². The van der Waals surface area contributed by atoms with Crippen LogP contribution in [-0.2, 0) is 25.7 Å². The number of ether oxygens (including phenoxy) is 2. The Balaban J connectivity index is 1.64. The van der Waals surface area contributed by atoms with Crippen molar-refractivity contribution in [2.24, 2.45) is 0 Å². The van der Waals surface area contributed by atoms with Gasteiger partial charge in [0.2, 0.25) is 0 Å². The summed E-state index contributed by atoms with van der Waals surface area (Å²) in [4.78, 5) is 40.3. The zero-order valence-corrected chi connectivity index (χ0v) is 22.8. The molecule has 192 valence electrons. The molecule has 1 aliphatic heterocycles. The second-order valence-electron chi connectivity index (χ2n) is 9.61. The fraction of sp³-hybridized carbons (Fsp3) is 0.393. The van der Waals surface area contributed by atoms with Crippen LogP contribution in [0.15, 0.2) is 72.9 Å². The summed E-state index contributed by atoms with van der Waals surface area (Å²) in [6.07, 6.45) is 1.18. The van der Waals surface area contributed by atoms with E-state index in [0.29, 0.717) is 12.8 Å². The topological polar surface area (TPSA) is 84.9 Å². The number of carbonyl (C=O) groups excluding carboxylic acids is 3. The molecule has 2 amide bonds. The maximum atomic E-state index is 13.4. The van der Waals surface area contributed by atoms with Gasteiger partial charge in [0.05, 0.1) is 0 Å². The molecule has 2 aromatic rings. The first kappa shape index (κ1) is 27.5. The van der Waals surface area contributed by atoms with E-state index in [4.69, 9.17) is 9.47 Å². The predicted molar refractivity (Wildman–Crippen MR) is 140 cm³/mol. The molecule has 0 bridgehead atoms. The van der Waals surface area contributed by atoms with Gasteiger partial charge < -0.3 is 0 Å². The number of rotatable bonds is 9. The van der Waals surface area contributed by atoms with Crippen molar-refractivity contribution in [1.82, 2.24) is 10.2 Å². The van der Waals surface area contributed by atoms with Gasteiger partial charge in [0, 0.05) is 0 Å². The van der Waals surface area contributed by atoms with Crippen molar-refractivity contribution in [3.05, 3.63) is 78.5 Å². The van der Waals surface area contributed by atoms with Gasteiger partial charge in [0.25, 0.3) is 0 Å².